The standard InChI is InChI=1S/C16H21N5O2/c1-12-10-13(14(22)20(2)11-12)19-15(23)16(4-7-17-8-5-16)21-9-3-6-18-21/h3,6,9-11,17H,4-5,7-8H2,1-2H3,(H,19,23). The van der Waals surface area contributed by atoms with E-state index in [9.17, 15) is 9.59 Å². The van der Waals surface area contributed by atoms with Gasteiger partial charge in [-0.05, 0) is 50.6 Å². The summed E-state index contributed by atoms with van der Waals surface area (Å²) in [7, 11) is 1.68. The highest BCUT2D eigenvalue weighted by Gasteiger charge is 2.42. The molecule has 23 heavy (non-hydrogen) atoms. The molecule has 2 N–H and O–H groups in total. The molecule has 0 atom stereocenters. The van der Waals surface area contributed by atoms with E-state index in [1.807, 2.05) is 13.0 Å². The quantitative estimate of drug-likeness (QED) is 0.869. The third-order valence-corrected chi connectivity index (χ3v) is 4.36. The van der Waals surface area contributed by atoms with Crippen molar-refractivity contribution in [3.8, 4) is 0 Å². The topological polar surface area (TPSA) is 81.0 Å². The van der Waals surface area contributed by atoms with Crippen molar-refractivity contribution in [2.24, 2.45) is 7.05 Å². The number of hydrogen-bond acceptors (Lipinski definition) is 4. The molecule has 1 amide bonds. The highest BCUT2D eigenvalue weighted by atomic mass is 16.2. The van der Waals surface area contributed by atoms with Crippen molar-refractivity contribution in [3.63, 3.8) is 0 Å². The molecule has 0 radical (unpaired) electrons. The van der Waals surface area contributed by atoms with Gasteiger partial charge >= 0.3 is 0 Å². The van der Waals surface area contributed by atoms with Gasteiger partial charge in [0, 0.05) is 25.6 Å². The van der Waals surface area contributed by atoms with Crippen LogP contribution in [0.4, 0.5) is 5.69 Å². The smallest absolute Gasteiger partial charge is 0.274 e. The molecule has 7 nitrogen and oxygen atoms in total. The normalized spacial score (nSPS) is 17.0. The summed E-state index contributed by atoms with van der Waals surface area (Å²) in [5, 5.41) is 10.4. The van der Waals surface area contributed by atoms with Gasteiger partial charge in [0.05, 0.1) is 0 Å². The zero-order valence-corrected chi connectivity index (χ0v) is 13.4. The Morgan fingerprint density at radius 3 is 2.78 bits per heavy atom. The number of nitrogens with zero attached hydrogens (tertiary/aromatic N) is 3. The second kappa shape index (κ2) is 6.00. The van der Waals surface area contributed by atoms with Gasteiger partial charge < -0.3 is 15.2 Å². The molecule has 0 aliphatic carbocycles. The maximum absolute atomic E-state index is 13.0. The first kappa shape index (κ1) is 15.5. The summed E-state index contributed by atoms with van der Waals surface area (Å²) >= 11 is 0. The van der Waals surface area contributed by atoms with Gasteiger partial charge in [-0.15, -0.1) is 0 Å². The van der Waals surface area contributed by atoms with Crippen LogP contribution in [-0.4, -0.2) is 33.3 Å². The number of amides is 1. The minimum Gasteiger partial charge on any atom is -0.319 e. The lowest BCUT2D eigenvalue weighted by Gasteiger charge is -2.36. The highest BCUT2D eigenvalue weighted by molar-refractivity contribution is 5.96. The van der Waals surface area contributed by atoms with Gasteiger partial charge in [-0.2, -0.15) is 5.10 Å². The van der Waals surface area contributed by atoms with Crippen molar-refractivity contribution in [1.29, 1.82) is 0 Å². The summed E-state index contributed by atoms with van der Waals surface area (Å²) in [5.74, 6) is -0.189. The molecule has 0 spiro atoms. The fourth-order valence-corrected chi connectivity index (χ4v) is 3.13. The second-order valence-corrected chi connectivity index (χ2v) is 6.03. The van der Waals surface area contributed by atoms with Crippen LogP contribution in [0, 0.1) is 6.92 Å². The number of aryl methyl sites for hydroxylation is 2. The van der Waals surface area contributed by atoms with Crippen LogP contribution < -0.4 is 16.2 Å². The summed E-state index contributed by atoms with van der Waals surface area (Å²) in [6.45, 7) is 3.36. The number of hydrogen-bond donors (Lipinski definition) is 2. The van der Waals surface area contributed by atoms with E-state index in [-0.39, 0.29) is 11.5 Å². The number of rotatable bonds is 3. The maximum atomic E-state index is 13.0. The molecule has 7 heteroatoms. The summed E-state index contributed by atoms with van der Waals surface area (Å²) in [6, 6.07) is 3.51. The van der Waals surface area contributed by atoms with Crippen molar-refractivity contribution < 1.29 is 4.79 Å². The fraction of sp³-hybridized carbons (Fsp3) is 0.438. The van der Waals surface area contributed by atoms with Crippen LogP contribution >= 0.6 is 0 Å². The molecule has 1 saturated heterocycles. The average Bonchev–Trinajstić information content (AvgIpc) is 3.07. The largest absolute Gasteiger partial charge is 0.319 e. The Balaban J connectivity index is 1.96. The number of anilines is 1. The molecule has 2 aromatic rings. The van der Waals surface area contributed by atoms with Crippen molar-refractivity contribution in [1.82, 2.24) is 19.7 Å². The number of nitrogens with one attached hydrogen (secondary N) is 2. The van der Waals surface area contributed by atoms with Gasteiger partial charge in [-0.25, -0.2) is 0 Å². The number of carbonyl (C=O) groups is 1. The molecule has 1 fully saturated rings. The number of carbonyl (C=O) groups excluding carboxylic acids is 1. The summed E-state index contributed by atoms with van der Waals surface area (Å²) in [5.41, 5.74) is 0.251. The SMILES string of the molecule is Cc1cc(NC(=O)C2(n3cccn3)CCNCC2)c(=O)n(C)c1. The molecule has 1 aliphatic rings. The summed E-state index contributed by atoms with van der Waals surface area (Å²) in [6.07, 6.45) is 6.48. The minimum atomic E-state index is -0.760. The van der Waals surface area contributed by atoms with Crippen LogP contribution in [0.25, 0.3) is 0 Å². The lowest BCUT2D eigenvalue weighted by atomic mass is 9.87. The third-order valence-electron chi connectivity index (χ3n) is 4.36. The Hall–Kier alpha value is -2.41. The lowest BCUT2D eigenvalue weighted by molar-refractivity contribution is -0.126. The van der Waals surface area contributed by atoms with Gasteiger partial charge in [0.2, 0.25) is 0 Å². The van der Waals surface area contributed by atoms with Gasteiger partial charge in [0.1, 0.15) is 11.2 Å². The van der Waals surface area contributed by atoms with Crippen LogP contribution in [0.3, 0.4) is 0 Å². The average molecular weight is 315 g/mol. The van der Waals surface area contributed by atoms with Crippen molar-refractivity contribution in [3.05, 3.63) is 46.6 Å². The summed E-state index contributed by atoms with van der Waals surface area (Å²) in [4.78, 5) is 25.3. The van der Waals surface area contributed by atoms with Crippen molar-refractivity contribution >= 4 is 11.6 Å². The van der Waals surface area contributed by atoms with Crippen LogP contribution in [-0.2, 0) is 17.4 Å². The predicted molar refractivity (Wildman–Crippen MR) is 87.4 cm³/mol. The molecule has 2 aromatic heterocycles. The molecule has 0 aromatic carbocycles. The van der Waals surface area contributed by atoms with Crippen molar-refractivity contribution in [2.75, 3.05) is 18.4 Å². The monoisotopic (exact) mass is 315 g/mol. The van der Waals surface area contributed by atoms with Gasteiger partial charge in [-0.1, -0.05) is 0 Å². The van der Waals surface area contributed by atoms with E-state index in [1.54, 1.807) is 36.4 Å². The Labute approximate surface area is 134 Å². The zero-order valence-electron chi connectivity index (χ0n) is 13.4. The zero-order chi connectivity index (χ0) is 16.4. The molecule has 122 valence electrons. The molecule has 0 bridgehead atoms. The van der Waals surface area contributed by atoms with Gasteiger partial charge in [-0.3, -0.25) is 14.3 Å². The van der Waals surface area contributed by atoms with E-state index in [0.29, 0.717) is 18.5 Å². The van der Waals surface area contributed by atoms with Crippen LogP contribution in [0.15, 0.2) is 35.5 Å². The van der Waals surface area contributed by atoms with Crippen LogP contribution in [0.2, 0.25) is 0 Å². The van der Waals surface area contributed by atoms with E-state index in [1.165, 1.54) is 4.57 Å². The molecule has 0 saturated carbocycles. The Kier molecular flexibility index (Phi) is 4.04. The van der Waals surface area contributed by atoms with Gasteiger partial charge in [0.15, 0.2) is 0 Å². The third kappa shape index (κ3) is 2.79. The first-order valence-corrected chi connectivity index (χ1v) is 7.72. The first-order valence-electron chi connectivity index (χ1n) is 7.72. The highest BCUT2D eigenvalue weighted by Crippen LogP contribution is 2.28. The lowest BCUT2D eigenvalue weighted by Crippen LogP contribution is -2.52. The number of aromatic nitrogens is 3. The Bertz CT molecular complexity index is 757. The van der Waals surface area contributed by atoms with E-state index in [2.05, 4.69) is 15.7 Å². The Morgan fingerprint density at radius 2 is 2.13 bits per heavy atom. The van der Waals surface area contributed by atoms with E-state index >= 15 is 0 Å². The maximum Gasteiger partial charge on any atom is 0.274 e. The van der Waals surface area contributed by atoms with E-state index in [4.69, 9.17) is 0 Å². The van der Waals surface area contributed by atoms with E-state index in [0.717, 1.165) is 18.7 Å². The molecular formula is C16H21N5O2. The van der Waals surface area contributed by atoms with Crippen molar-refractivity contribution in [2.45, 2.75) is 25.3 Å². The fourth-order valence-electron chi connectivity index (χ4n) is 3.13. The molecule has 1 aliphatic heterocycles. The molecule has 3 heterocycles. The number of piperidine rings is 1. The first-order chi connectivity index (χ1) is 11.0. The molecule has 3 rings (SSSR count). The number of pyridine rings is 1. The summed E-state index contributed by atoms with van der Waals surface area (Å²) < 4.78 is 3.19. The minimum absolute atomic E-state index is 0.189. The van der Waals surface area contributed by atoms with Gasteiger partial charge in [0.25, 0.3) is 11.5 Å². The van der Waals surface area contributed by atoms with E-state index < -0.39 is 5.54 Å². The van der Waals surface area contributed by atoms with Crippen LogP contribution in [0.1, 0.15) is 18.4 Å². The predicted octanol–water partition coefficient (Wildman–Crippen LogP) is 0.608. The second-order valence-electron chi connectivity index (χ2n) is 6.03. The molecule has 0 unspecified atom stereocenters. The molecular weight excluding hydrogens is 294 g/mol. The Morgan fingerprint density at radius 1 is 1.39 bits per heavy atom. The van der Waals surface area contributed by atoms with Crippen LogP contribution in [0.5, 0.6) is 0 Å².